The molecule has 0 bridgehead atoms. The molecule has 1 heterocycles. The minimum Gasteiger partial charge on any atom is -0.496 e. The van der Waals surface area contributed by atoms with Crippen LogP contribution in [0.1, 0.15) is 29.7 Å². The molecule has 0 radical (unpaired) electrons. The summed E-state index contributed by atoms with van der Waals surface area (Å²) in [7, 11) is 1.62. The number of aryl methyl sites for hydroxylation is 1. The average molecular weight is 324 g/mol. The summed E-state index contributed by atoms with van der Waals surface area (Å²) in [6, 6.07) is 12.8. The lowest BCUT2D eigenvalue weighted by Crippen LogP contribution is -2.36. The number of hydrogen-bond acceptors (Lipinski definition) is 3. The van der Waals surface area contributed by atoms with Crippen molar-refractivity contribution in [3.8, 4) is 5.75 Å². The molecule has 0 fully saturated rings. The third kappa shape index (κ3) is 2.73. The second-order valence-electron chi connectivity index (χ2n) is 5.88. The van der Waals surface area contributed by atoms with Crippen LogP contribution >= 0.6 is 0 Å². The highest BCUT2D eigenvalue weighted by molar-refractivity contribution is 6.06. The first-order valence-corrected chi connectivity index (χ1v) is 7.83. The number of nitrogens with one attached hydrogen (secondary N) is 1. The molecule has 1 N–H and O–H groups in total. The molecule has 124 valence electrons. The van der Waals surface area contributed by atoms with E-state index in [1.807, 2.05) is 49.4 Å². The van der Waals surface area contributed by atoms with Gasteiger partial charge in [0.2, 0.25) is 5.91 Å². The van der Waals surface area contributed by atoms with Crippen LogP contribution in [0.2, 0.25) is 0 Å². The summed E-state index contributed by atoms with van der Waals surface area (Å²) in [4.78, 5) is 26.2. The van der Waals surface area contributed by atoms with Crippen molar-refractivity contribution in [1.82, 2.24) is 5.32 Å². The number of anilines is 1. The Morgan fingerprint density at radius 3 is 2.67 bits per heavy atom. The van der Waals surface area contributed by atoms with Crippen LogP contribution in [0.25, 0.3) is 0 Å². The minimum atomic E-state index is -0.632. The molecule has 1 aliphatic rings. The van der Waals surface area contributed by atoms with Gasteiger partial charge in [-0.1, -0.05) is 36.4 Å². The van der Waals surface area contributed by atoms with E-state index in [2.05, 4.69) is 5.32 Å². The monoisotopic (exact) mass is 324 g/mol. The summed E-state index contributed by atoms with van der Waals surface area (Å²) < 4.78 is 5.39. The molecule has 0 saturated heterocycles. The summed E-state index contributed by atoms with van der Waals surface area (Å²) in [5.74, 6) is 0.392. The van der Waals surface area contributed by atoms with Crippen molar-refractivity contribution >= 4 is 17.5 Å². The number of ether oxygens (including phenoxy) is 1. The average Bonchev–Trinajstić information content (AvgIpc) is 2.82. The summed E-state index contributed by atoms with van der Waals surface area (Å²) >= 11 is 0. The molecule has 1 unspecified atom stereocenters. The molecule has 2 aromatic rings. The zero-order valence-electron chi connectivity index (χ0n) is 14.0. The van der Waals surface area contributed by atoms with Crippen molar-refractivity contribution in [2.45, 2.75) is 26.4 Å². The molecule has 0 aliphatic carbocycles. The SMILES string of the molecule is COc1ccccc1CN1C(=O)C(NC(C)=O)c2cccc(C)c21. The molecule has 0 spiro atoms. The first-order valence-electron chi connectivity index (χ1n) is 7.83. The maximum atomic E-state index is 12.9. The van der Waals surface area contributed by atoms with Gasteiger partial charge in [0, 0.05) is 18.1 Å². The smallest absolute Gasteiger partial charge is 0.254 e. The Morgan fingerprint density at radius 2 is 1.96 bits per heavy atom. The van der Waals surface area contributed by atoms with E-state index in [4.69, 9.17) is 4.74 Å². The lowest BCUT2D eigenvalue weighted by Gasteiger charge is -2.21. The zero-order valence-corrected chi connectivity index (χ0v) is 14.0. The number of carbonyl (C=O) groups is 2. The number of nitrogens with zero attached hydrogens (tertiary/aromatic N) is 1. The van der Waals surface area contributed by atoms with Gasteiger partial charge in [-0.2, -0.15) is 0 Å². The van der Waals surface area contributed by atoms with E-state index in [-0.39, 0.29) is 11.8 Å². The van der Waals surface area contributed by atoms with E-state index in [0.717, 1.165) is 28.1 Å². The van der Waals surface area contributed by atoms with Gasteiger partial charge >= 0.3 is 0 Å². The van der Waals surface area contributed by atoms with Gasteiger partial charge in [0.15, 0.2) is 0 Å². The predicted octanol–water partition coefficient (Wildman–Crippen LogP) is 2.73. The highest BCUT2D eigenvalue weighted by Gasteiger charge is 2.38. The molecule has 0 aromatic heterocycles. The largest absolute Gasteiger partial charge is 0.496 e. The fourth-order valence-electron chi connectivity index (χ4n) is 3.19. The van der Waals surface area contributed by atoms with Gasteiger partial charge in [0.05, 0.1) is 19.3 Å². The van der Waals surface area contributed by atoms with Crippen molar-refractivity contribution in [3.63, 3.8) is 0 Å². The van der Waals surface area contributed by atoms with Gasteiger partial charge in [-0.3, -0.25) is 9.59 Å². The van der Waals surface area contributed by atoms with Crippen LogP contribution in [0.5, 0.6) is 5.75 Å². The lowest BCUT2D eigenvalue weighted by molar-refractivity contribution is -0.126. The number of benzene rings is 2. The number of hydrogen-bond donors (Lipinski definition) is 1. The molecule has 1 atom stereocenters. The van der Waals surface area contributed by atoms with E-state index in [1.165, 1.54) is 6.92 Å². The Kier molecular flexibility index (Phi) is 4.25. The van der Waals surface area contributed by atoms with Crippen molar-refractivity contribution in [2.75, 3.05) is 12.0 Å². The first-order chi connectivity index (χ1) is 11.5. The number of para-hydroxylation sites is 2. The molecule has 2 aromatic carbocycles. The van der Waals surface area contributed by atoms with E-state index >= 15 is 0 Å². The van der Waals surface area contributed by atoms with Crippen LogP contribution in [0.4, 0.5) is 5.69 Å². The normalized spacial score (nSPS) is 16.0. The van der Waals surface area contributed by atoms with Crippen molar-refractivity contribution in [3.05, 3.63) is 59.2 Å². The maximum absolute atomic E-state index is 12.9. The van der Waals surface area contributed by atoms with E-state index in [0.29, 0.717) is 6.54 Å². The van der Waals surface area contributed by atoms with Crippen molar-refractivity contribution in [1.29, 1.82) is 0 Å². The summed E-state index contributed by atoms with van der Waals surface area (Å²) in [5.41, 5.74) is 3.63. The molecule has 0 saturated carbocycles. The Labute approximate surface area is 141 Å². The molecule has 5 nitrogen and oxygen atoms in total. The summed E-state index contributed by atoms with van der Waals surface area (Å²) in [6.45, 7) is 3.79. The van der Waals surface area contributed by atoms with E-state index in [1.54, 1.807) is 12.0 Å². The molecular formula is C19H20N2O3. The van der Waals surface area contributed by atoms with Crippen molar-refractivity contribution in [2.24, 2.45) is 0 Å². The second kappa shape index (κ2) is 6.35. The van der Waals surface area contributed by atoms with Gasteiger partial charge in [-0.15, -0.1) is 0 Å². The van der Waals surface area contributed by atoms with Crippen LogP contribution < -0.4 is 15.0 Å². The molecule has 3 rings (SSSR count). The third-order valence-electron chi connectivity index (χ3n) is 4.23. The molecule has 1 aliphatic heterocycles. The molecule has 24 heavy (non-hydrogen) atoms. The molecule has 2 amide bonds. The van der Waals surface area contributed by atoms with Gasteiger partial charge in [0.1, 0.15) is 11.8 Å². The van der Waals surface area contributed by atoms with Crippen LogP contribution in [-0.4, -0.2) is 18.9 Å². The fraction of sp³-hybridized carbons (Fsp3) is 0.263. The number of carbonyl (C=O) groups excluding carboxylic acids is 2. The zero-order chi connectivity index (χ0) is 17.3. The number of amides is 2. The Bertz CT molecular complexity index is 801. The number of fused-ring (bicyclic) bond motifs is 1. The topological polar surface area (TPSA) is 58.6 Å². The maximum Gasteiger partial charge on any atom is 0.254 e. The Balaban J connectivity index is 2.02. The van der Waals surface area contributed by atoms with Gasteiger partial charge in [-0.05, 0) is 18.6 Å². The van der Waals surface area contributed by atoms with Gasteiger partial charge in [-0.25, -0.2) is 0 Å². The quantitative estimate of drug-likeness (QED) is 0.941. The van der Waals surface area contributed by atoms with Crippen molar-refractivity contribution < 1.29 is 14.3 Å². The van der Waals surface area contributed by atoms with Gasteiger partial charge < -0.3 is 15.0 Å². The molecule has 5 heteroatoms. The van der Waals surface area contributed by atoms with Gasteiger partial charge in [0.25, 0.3) is 5.91 Å². The summed E-state index contributed by atoms with van der Waals surface area (Å²) in [5, 5.41) is 2.76. The number of rotatable bonds is 4. The third-order valence-corrected chi connectivity index (χ3v) is 4.23. The first kappa shape index (κ1) is 16.1. The lowest BCUT2D eigenvalue weighted by atomic mass is 10.0. The highest BCUT2D eigenvalue weighted by atomic mass is 16.5. The summed E-state index contributed by atoms with van der Waals surface area (Å²) in [6.07, 6.45) is 0. The van der Waals surface area contributed by atoms with Crippen LogP contribution in [0.3, 0.4) is 0 Å². The number of methoxy groups -OCH3 is 1. The van der Waals surface area contributed by atoms with Crippen LogP contribution in [0.15, 0.2) is 42.5 Å². The Morgan fingerprint density at radius 1 is 1.21 bits per heavy atom. The second-order valence-corrected chi connectivity index (χ2v) is 5.88. The molecular weight excluding hydrogens is 304 g/mol. The fourth-order valence-corrected chi connectivity index (χ4v) is 3.19. The van der Waals surface area contributed by atoms with E-state index < -0.39 is 6.04 Å². The Hall–Kier alpha value is -2.82. The standard InChI is InChI=1S/C19H20N2O3/c1-12-7-6-9-15-17(20-13(2)22)19(23)21(18(12)15)11-14-8-4-5-10-16(14)24-3/h4-10,17H,11H2,1-3H3,(H,20,22). The van der Waals surface area contributed by atoms with E-state index in [9.17, 15) is 9.59 Å². The predicted molar refractivity (Wildman–Crippen MR) is 91.9 cm³/mol. The van der Waals surface area contributed by atoms with Crippen LogP contribution in [0, 0.1) is 6.92 Å². The highest BCUT2D eigenvalue weighted by Crippen LogP contribution is 2.39. The minimum absolute atomic E-state index is 0.125. The van der Waals surface area contributed by atoms with Crippen LogP contribution in [-0.2, 0) is 16.1 Å².